The number of fused-ring (bicyclic) bond motifs is 1. The van der Waals surface area contributed by atoms with E-state index in [0.717, 1.165) is 30.8 Å². The molecule has 3 rings (SSSR count). The summed E-state index contributed by atoms with van der Waals surface area (Å²) >= 11 is 0. The van der Waals surface area contributed by atoms with Crippen LogP contribution in [0.2, 0.25) is 0 Å². The van der Waals surface area contributed by atoms with Crippen LogP contribution in [0.5, 0.6) is 5.75 Å². The van der Waals surface area contributed by atoms with E-state index in [4.69, 9.17) is 15.0 Å². The average molecular weight is 231 g/mol. The van der Waals surface area contributed by atoms with E-state index in [1.807, 2.05) is 12.1 Å². The zero-order valence-electron chi connectivity index (χ0n) is 9.35. The van der Waals surface area contributed by atoms with E-state index in [9.17, 15) is 0 Å². The Labute approximate surface area is 98.6 Å². The fourth-order valence-electron chi connectivity index (χ4n) is 1.93. The van der Waals surface area contributed by atoms with Crippen LogP contribution in [0.4, 0.5) is 0 Å². The number of hydrogen-bond donors (Lipinski definition) is 1. The fraction of sp³-hybridized carbons (Fsp3) is 0.333. The van der Waals surface area contributed by atoms with Crippen molar-refractivity contribution in [3.05, 3.63) is 29.7 Å². The fourth-order valence-corrected chi connectivity index (χ4v) is 1.93. The summed E-state index contributed by atoms with van der Waals surface area (Å²) in [7, 11) is 0. The zero-order chi connectivity index (χ0) is 11.7. The molecule has 0 aliphatic carbocycles. The van der Waals surface area contributed by atoms with E-state index >= 15 is 0 Å². The van der Waals surface area contributed by atoms with Crippen LogP contribution in [0.3, 0.4) is 0 Å². The highest BCUT2D eigenvalue weighted by Crippen LogP contribution is 2.29. The number of benzene rings is 1. The lowest BCUT2D eigenvalue weighted by Crippen LogP contribution is -2.08. The highest BCUT2D eigenvalue weighted by Gasteiger charge is 2.13. The summed E-state index contributed by atoms with van der Waals surface area (Å²) < 4.78 is 10.6. The number of hydrogen-bond acceptors (Lipinski definition) is 5. The van der Waals surface area contributed by atoms with Gasteiger partial charge in [-0.1, -0.05) is 17.3 Å². The molecule has 0 amide bonds. The molecule has 0 atom stereocenters. The molecule has 0 saturated heterocycles. The van der Waals surface area contributed by atoms with Crippen LogP contribution in [0.1, 0.15) is 17.9 Å². The first-order valence-electron chi connectivity index (χ1n) is 5.65. The third kappa shape index (κ3) is 1.89. The smallest absolute Gasteiger partial charge is 0.240 e. The molecule has 1 aliphatic rings. The van der Waals surface area contributed by atoms with E-state index < -0.39 is 0 Å². The first-order chi connectivity index (χ1) is 8.36. The standard InChI is InChI=1S/C12H13N3O2/c13-7-11-14-12(15-17-11)9-4-3-8-2-1-5-16-10(8)6-9/h3-4,6H,1-2,5,7,13H2. The van der Waals surface area contributed by atoms with Crippen molar-refractivity contribution in [1.82, 2.24) is 10.1 Å². The first-order valence-corrected chi connectivity index (χ1v) is 5.65. The monoisotopic (exact) mass is 231 g/mol. The number of nitrogens with two attached hydrogens (primary N) is 1. The summed E-state index contributed by atoms with van der Waals surface area (Å²) in [4.78, 5) is 4.19. The molecule has 0 saturated carbocycles. The van der Waals surface area contributed by atoms with Gasteiger partial charge < -0.3 is 15.0 Å². The number of rotatable bonds is 2. The molecule has 88 valence electrons. The predicted molar refractivity (Wildman–Crippen MR) is 61.4 cm³/mol. The predicted octanol–water partition coefficient (Wildman–Crippen LogP) is 1.52. The van der Waals surface area contributed by atoms with Gasteiger partial charge in [-0.05, 0) is 24.5 Å². The van der Waals surface area contributed by atoms with Crippen LogP contribution in [0.15, 0.2) is 22.7 Å². The minimum atomic E-state index is 0.258. The number of aryl methyl sites for hydroxylation is 1. The molecule has 0 fully saturated rings. The van der Waals surface area contributed by atoms with Crippen molar-refractivity contribution in [2.45, 2.75) is 19.4 Å². The molecule has 0 unspecified atom stereocenters. The van der Waals surface area contributed by atoms with E-state index in [1.165, 1.54) is 5.56 Å². The SMILES string of the molecule is NCc1nc(-c2ccc3c(c2)OCCC3)no1. The normalized spacial score (nSPS) is 14.2. The Morgan fingerprint density at radius 2 is 2.29 bits per heavy atom. The Morgan fingerprint density at radius 1 is 1.35 bits per heavy atom. The second-order valence-corrected chi connectivity index (χ2v) is 3.99. The zero-order valence-corrected chi connectivity index (χ0v) is 9.35. The van der Waals surface area contributed by atoms with Crippen molar-refractivity contribution in [2.75, 3.05) is 6.61 Å². The third-order valence-corrected chi connectivity index (χ3v) is 2.82. The van der Waals surface area contributed by atoms with Crippen molar-refractivity contribution in [2.24, 2.45) is 5.73 Å². The van der Waals surface area contributed by atoms with E-state index in [1.54, 1.807) is 0 Å². The molecule has 17 heavy (non-hydrogen) atoms. The third-order valence-electron chi connectivity index (χ3n) is 2.82. The van der Waals surface area contributed by atoms with Crippen molar-refractivity contribution < 1.29 is 9.26 Å². The van der Waals surface area contributed by atoms with Crippen LogP contribution >= 0.6 is 0 Å². The topological polar surface area (TPSA) is 74.2 Å². The molecule has 2 aromatic rings. The number of nitrogens with zero attached hydrogens (tertiary/aromatic N) is 2. The molecule has 2 heterocycles. The summed E-state index contributed by atoms with van der Waals surface area (Å²) in [6.45, 7) is 1.03. The summed E-state index contributed by atoms with van der Waals surface area (Å²) in [5, 5.41) is 3.88. The maximum absolute atomic E-state index is 5.61. The minimum absolute atomic E-state index is 0.258. The van der Waals surface area contributed by atoms with Crippen LogP contribution in [0.25, 0.3) is 11.4 Å². The van der Waals surface area contributed by atoms with Crippen molar-refractivity contribution in [1.29, 1.82) is 0 Å². The number of aromatic nitrogens is 2. The molecule has 5 nitrogen and oxygen atoms in total. The van der Waals surface area contributed by atoms with Crippen LogP contribution < -0.4 is 10.5 Å². The van der Waals surface area contributed by atoms with Crippen LogP contribution in [0, 0.1) is 0 Å². The van der Waals surface area contributed by atoms with Crippen LogP contribution in [-0.2, 0) is 13.0 Å². The Bertz CT molecular complexity index is 536. The molecular weight excluding hydrogens is 218 g/mol. The molecule has 1 aliphatic heterocycles. The van der Waals surface area contributed by atoms with Gasteiger partial charge in [0.25, 0.3) is 0 Å². The molecule has 1 aromatic heterocycles. The molecule has 0 radical (unpaired) electrons. The lowest BCUT2D eigenvalue weighted by molar-refractivity contribution is 0.288. The largest absolute Gasteiger partial charge is 0.493 e. The quantitative estimate of drug-likeness (QED) is 0.848. The lowest BCUT2D eigenvalue weighted by atomic mass is 10.0. The van der Waals surface area contributed by atoms with Gasteiger partial charge >= 0.3 is 0 Å². The second kappa shape index (κ2) is 4.18. The molecular formula is C12H13N3O2. The molecule has 1 aromatic carbocycles. The first kappa shape index (κ1) is 10.3. The lowest BCUT2D eigenvalue weighted by Gasteiger charge is -2.17. The van der Waals surface area contributed by atoms with Gasteiger partial charge in [0.1, 0.15) is 5.75 Å². The molecule has 5 heteroatoms. The van der Waals surface area contributed by atoms with Crippen molar-refractivity contribution >= 4 is 0 Å². The molecule has 2 N–H and O–H groups in total. The van der Waals surface area contributed by atoms with Gasteiger partial charge in [-0.15, -0.1) is 0 Å². The van der Waals surface area contributed by atoms with E-state index in [-0.39, 0.29) is 6.54 Å². The Morgan fingerprint density at radius 3 is 3.12 bits per heavy atom. The van der Waals surface area contributed by atoms with Crippen LogP contribution in [-0.4, -0.2) is 16.7 Å². The van der Waals surface area contributed by atoms with E-state index in [2.05, 4.69) is 16.2 Å². The van der Waals surface area contributed by atoms with Gasteiger partial charge in [0.05, 0.1) is 13.2 Å². The summed E-state index contributed by atoms with van der Waals surface area (Å²) in [5.74, 6) is 1.92. The Kier molecular flexibility index (Phi) is 2.53. The Hall–Kier alpha value is -1.88. The Balaban J connectivity index is 1.97. The second-order valence-electron chi connectivity index (χ2n) is 3.99. The summed E-state index contributed by atoms with van der Waals surface area (Å²) in [6.07, 6.45) is 2.14. The van der Waals surface area contributed by atoms with Gasteiger partial charge in [-0.25, -0.2) is 0 Å². The number of ether oxygens (including phenoxy) is 1. The molecule has 0 bridgehead atoms. The van der Waals surface area contributed by atoms with Crippen molar-refractivity contribution in [3.8, 4) is 17.1 Å². The van der Waals surface area contributed by atoms with Gasteiger partial charge in [0, 0.05) is 5.56 Å². The van der Waals surface area contributed by atoms with Gasteiger partial charge in [0.2, 0.25) is 11.7 Å². The summed E-state index contributed by atoms with van der Waals surface area (Å²) in [6, 6.07) is 6.00. The summed E-state index contributed by atoms with van der Waals surface area (Å²) in [5.41, 5.74) is 7.57. The van der Waals surface area contributed by atoms with Gasteiger partial charge in [0.15, 0.2) is 0 Å². The average Bonchev–Trinajstić information content (AvgIpc) is 2.87. The van der Waals surface area contributed by atoms with E-state index in [0.29, 0.717) is 11.7 Å². The van der Waals surface area contributed by atoms with Crippen molar-refractivity contribution in [3.63, 3.8) is 0 Å². The molecule has 0 spiro atoms. The van der Waals surface area contributed by atoms with Gasteiger partial charge in [-0.2, -0.15) is 4.98 Å². The minimum Gasteiger partial charge on any atom is -0.493 e. The maximum atomic E-state index is 5.61. The highest BCUT2D eigenvalue weighted by molar-refractivity contribution is 5.59. The highest BCUT2D eigenvalue weighted by atomic mass is 16.5. The maximum Gasteiger partial charge on any atom is 0.240 e. The van der Waals surface area contributed by atoms with Gasteiger partial charge in [-0.3, -0.25) is 0 Å².